The summed E-state index contributed by atoms with van der Waals surface area (Å²) < 4.78 is 5.00. The molecule has 0 aliphatic carbocycles. The Morgan fingerprint density at radius 3 is 2.78 bits per heavy atom. The Morgan fingerprint density at radius 2 is 2.17 bits per heavy atom. The minimum absolute atomic E-state index is 0.139. The number of primary amides is 1. The van der Waals surface area contributed by atoms with Gasteiger partial charge in [0.2, 0.25) is 5.91 Å². The van der Waals surface area contributed by atoms with E-state index in [0.717, 1.165) is 11.3 Å². The Bertz CT molecular complexity index is 812. The predicted octanol–water partition coefficient (Wildman–Crippen LogP) is 1.75. The van der Waals surface area contributed by atoms with E-state index >= 15 is 0 Å². The number of ether oxygens (including phenoxy) is 1. The van der Waals surface area contributed by atoms with Gasteiger partial charge in [0, 0.05) is 0 Å². The second-order valence-corrected chi connectivity index (χ2v) is 7.16. The zero-order valence-corrected chi connectivity index (χ0v) is 14.6. The molecular formula is C14H17N3O4S2. The first-order valence-corrected chi connectivity index (χ1v) is 8.82. The summed E-state index contributed by atoms with van der Waals surface area (Å²) in [6.07, 6.45) is 0. The quantitative estimate of drug-likeness (QED) is 0.763. The SMILES string of the molecule is CCOC(=O)c1sc2nc([C@@H](C)SCC(N)=O)[nH]c(=O)c2c1C. The second kappa shape index (κ2) is 7.14. The summed E-state index contributed by atoms with van der Waals surface area (Å²) >= 11 is 2.42. The summed E-state index contributed by atoms with van der Waals surface area (Å²) in [5.41, 5.74) is 5.39. The number of hydrogen-bond donors (Lipinski definition) is 2. The summed E-state index contributed by atoms with van der Waals surface area (Å²) in [6.45, 7) is 5.51. The van der Waals surface area contributed by atoms with Crippen LogP contribution in [0.3, 0.4) is 0 Å². The molecule has 0 aromatic carbocycles. The molecule has 2 rings (SSSR count). The van der Waals surface area contributed by atoms with Gasteiger partial charge in [-0.1, -0.05) is 0 Å². The number of carbonyl (C=O) groups is 2. The van der Waals surface area contributed by atoms with Gasteiger partial charge in [0.15, 0.2) is 0 Å². The third-order valence-electron chi connectivity index (χ3n) is 3.14. The number of aromatic nitrogens is 2. The number of rotatable bonds is 6. The molecule has 124 valence electrons. The number of aryl methyl sites for hydroxylation is 1. The number of thiophene rings is 1. The maximum Gasteiger partial charge on any atom is 0.348 e. The molecule has 1 atom stereocenters. The minimum Gasteiger partial charge on any atom is -0.462 e. The van der Waals surface area contributed by atoms with Crippen LogP contribution >= 0.6 is 23.1 Å². The fraction of sp³-hybridized carbons (Fsp3) is 0.429. The first-order valence-electron chi connectivity index (χ1n) is 6.95. The number of fused-ring (bicyclic) bond motifs is 1. The van der Waals surface area contributed by atoms with Crippen molar-refractivity contribution < 1.29 is 14.3 Å². The summed E-state index contributed by atoms with van der Waals surface area (Å²) in [4.78, 5) is 43.1. The number of carbonyl (C=O) groups excluding carboxylic acids is 2. The third-order valence-corrected chi connectivity index (χ3v) is 5.48. The Kier molecular flexibility index (Phi) is 5.42. The number of nitrogens with zero attached hydrogens (tertiary/aromatic N) is 1. The van der Waals surface area contributed by atoms with Crippen LogP contribution in [-0.4, -0.2) is 34.2 Å². The maximum atomic E-state index is 12.3. The highest BCUT2D eigenvalue weighted by Crippen LogP contribution is 2.30. The van der Waals surface area contributed by atoms with Crippen molar-refractivity contribution in [2.45, 2.75) is 26.0 Å². The zero-order chi connectivity index (χ0) is 17.1. The molecule has 0 spiro atoms. The fourth-order valence-electron chi connectivity index (χ4n) is 2.03. The number of amides is 1. The predicted molar refractivity (Wildman–Crippen MR) is 91.0 cm³/mol. The van der Waals surface area contributed by atoms with Crippen LogP contribution in [-0.2, 0) is 9.53 Å². The molecule has 1 amide bonds. The summed E-state index contributed by atoms with van der Waals surface area (Å²) in [7, 11) is 0. The van der Waals surface area contributed by atoms with Gasteiger partial charge in [-0.05, 0) is 26.3 Å². The molecule has 2 aromatic rings. The molecule has 0 saturated carbocycles. The normalized spacial score (nSPS) is 12.3. The molecule has 23 heavy (non-hydrogen) atoms. The molecular weight excluding hydrogens is 338 g/mol. The Hall–Kier alpha value is -1.87. The van der Waals surface area contributed by atoms with Gasteiger partial charge in [0.1, 0.15) is 15.5 Å². The molecule has 0 unspecified atom stereocenters. The van der Waals surface area contributed by atoms with Crippen molar-refractivity contribution in [3.05, 3.63) is 26.6 Å². The van der Waals surface area contributed by atoms with Crippen LogP contribution in [0.2, 0.25) is 0 Å². The van der Waals surface area contributed by atoms with Gasteiger partial charge in [-0.2, -0.15) is 0 Å². The van der Waals surface area contributed by atoms with Gasteiger partial charge in [-0.15, -0.1) is 23.1 Å². The largest absolute Gasteiger partial charge is 0.462 e. The minimum atomic E-state index is -0.454. The summed E-state index contributed by atoms with van der Waals surface area (Å²) in [6, 6.07) is 0. The highest BCUT2D eigenvalue weighted by molar-refractivity contribution is 8.00. The van der Waals surface area contributed by atoms with Crippen LogP contribution in [0.25, 0.3) is 10.2 Å². The highest BCUT2D eigenvalue weighted by Gasteiger charge is 2.21. The van der Waals surface area contributed by atoms with Crippen LogP contribution in [0, 0.1) is 6.92 Å². The maximum absolute atomic E-state index is 12.3. The van der Waals surface area contributed by atoms with Crippen LogP contribution < -0.4 is 11.3 Å². The lowest BCUT2D eigenvalue weighted by Crippen LogP contribution is -2.16. The number of aromatic amines is 1. The van der Waals surface area contributed by atoms with Gasteiger partial charge in [0.05, 0.1) is 23.0 Å². The van der Waals surface area contributed by atoms with Crippen molar-refractivity contribution in [3.8, 4) is 0 Å². The molecule has 9 heteroatoms. The van der Waals surface area contributed by atoms with E-state index in [4.69, 9.17) is 10.5 Å². The average Bonchev–Trinajstić information content (AvgIpc) is 2.82. The molecule has 0 saturated heterocycles. The van der Waals surface area contributed by atoms with Gasteiger partial charge in [0.25, 0.3) is 5.56 Å². The van der Waals surface area contributed by atoms with E-state index in [1.165, 1.54) is 11.8 Å². The first-order chi connectivity index (χ1) is 10.8. The van der Waals surface area contributed by atoms with E-state index in [1.807, 2.05) is 6.92 Å². The second-order valence-electron chi connectivity index (χ2n) is 4.83. The van der Waals surface area contributed by atoms with Crippen molar-refractivity contribution >= 4 is 45.2 Å². The number of esters is 1. The van der Waals surface area contributed by atoms with Crippen molar-refractivity contribution in [1.29, 1.82) is 0 Å². The standard InChI is InChI=1S/C14H17N3O4S2/c1-4-21-14(20)10-6(2)9-12(19)16-11(17-13(9)23-10)7(3)22-5-8(15)18/h7H,4-5H2,1-3H3,(H2,15,18)(H,16,17,19)/t7-/m1/s1. The van der Waals surface area contributed by atoms with Gasteiger partial charge in [-0.3, -0.25) is 9.59 Å². The van der Waals surface area contributed by atoms with E-state index < -0.39 is 11.9 Å². The van der Waals surface area contributed by atoms with E-state index in [2.05, 4.69) is 9.97 Å². The number of hydrogen-bond acceptors (Lipinski definition) is 7. The van der Waals surface area contributed by atoms with Crippen molar-refractivity contribution in [1.82, 2.24) is 9.97 Å². The van der Waals surface area contributed by atoms with E-state index in [0.29, 0.717) is 26.5 Å². The Balaban J connectivity index is 2.44. The topological polar surface area (TPSA) is 115 Å². The van der Waals surface area contributed by atoms with Crippen LogP contribution in [0.1, 0.15) is 40.2 Å². The molecule has 2 aromatic heterocycles. The number of nitrogens with one attached hydrogen (secondary N) is 1. The lowest BCUT2D eigenvalue weighted by molar-refractivity contribution is -0.115. The smallest absolute Gasteiger partial charge is 0.348 e. The van der Waals surface area contributed by atoms with Crippen molar-refractivity contribution in [2.75, 3.05) is 12.4 Å². The monoisotopic (exact) mass is 355 g/mol. The average molecular weight is 355 g/mol. The Morgan fingerprint density at radius 1 is 1.48 bits per heavy atom. The molecule has 0 radical (unpaired) electrons. The van der Waals surface area contributed by atoms with E-state index in [-0.39, 0.29) is 23.2 Å². The zero-order valence-electron chi connectivity index (χ0n) is 13.0. The van der Waals surface area contributed by atoms with Gasteiger partial charge >= 0.3 is 5.97 Å². The van der Waals surface area contributed by atoms with Crippen LogP contribution in [0.15, 0.2) is 4.79 Å². The molecule has 0 fully saturated rings. The van der Waals surface area contributed by atoms with Crippen LogP contribution in [0.5, 0.6) is 0 Å². The highest BCUT2D eigenvalue weighted by atomic mass is 32.2. The van der Waals surface area contributed by atoms with Gasteiger partial charge in [-0.25, -0.2) is 9.78 Å². The lowest BCUT2D eigenvalue weighted by Gasteiger charge is -2.08. The van der Waals surface area contributed by atoms with E-state index in [1.54, 1.807) is 13.8 Å². The third kappa shape index (κ3) is 3.73. The molecule has 0 bridgehead atoms. The summed E-state index contributed by atoms with van der Waals surface area (Å²) in [5, 5.41) is 0.196. The molecule has 0 aliphatic heterocycles. The number of thioether (sulfide) groups is 1. The van der Waals surface area contributed by atoms with Crippen molar-refractivity contribution in [2.24, 2.45) is 5.73 Å². The molecule has 3 N–H and O–H groups in total. The molecule has 2 heterocycles. The molecule has 0 aliphatic rings. The Labute approximate surface area is 140 Å². The summed E-state index contributed by atoms with van der Waals surface area (Å²) in [5.74, 6) is -0.294. The van der Waals surface area contributed by atoms with E-state index in [9.17, 15) is 14.4 Å². The van der Waals surface area contributed by atoms with Crippen molar-refractivity contribution in [3.63, 3.8) is 0 Å². The van der Waals surface area contributed by atoms with Crippen LogP contribution in [0.4, 0.5) is 0 Å². The fourth-order valence-corrected chi connectivity index (χ4v) is 3.80. The number of H-pyrrole nitrogens is 1. The first kappa shape index (κ1) is 17.5. The molecule has 7 nitrogen and oxygen atoms in total. The number of nitrogens with two attached hydrogens (primary N) is 1. The van der Waals surface area contributed by atoms with Gasteiger partial charge < -0.3 is 15.5 Å². The lowest BCUT2D eigenvalue weighted by atomic mass is 10.2.